The van der Waals surface area contributed by atoms with Crippen molar-refractivity contribution in [2.75, 3.05) is 6.61 Å². The maximum absolute atomic E-state index is 13.4. The van der Waals surface area contributed by atoms with Gasteiger partial charge in [-0.3, -0.25) is 4.79 Å². The summed E-state index contributed by atoms with van der Waals surface area (Å²) in [6, 6.07) is 28.6. The Hall–Kier alpha value is -3.52. The summed E-state index contributed by atoms with van der Waals surface area (Å²) in [6.07, 6.45) is -1.93. The van der Waals surface area contributed by atoms with Crippen LogP contribution in [0.3, 0.4) is 0 Å². The summed E-state index contributed by atoms with van der Waals surface area (Å²) in [5, 5.41) is 0. The van der Waals surface area contributed by atoms with Crippen LogP contribution in [0.15, 0.2) is 91.0 Å². The Morgan fingerprint density at radius 3 is 1.77 bits per heavy atom. The molecule has 3 aromatic carbocycles. The van der Waals surface area contributed by atoms with Gasteiger partial charge in [0.25, 0.3) is 0 Å². The van der Waals surface area contributed by atoms with Gasteiger partial charge in [0.2, 0.25) is 5.91 Å². The number of likely N-dealkylation sites (tertiary alicyclic amines) is 1. The number of hydrogen-bond donors (Lipinski definition) is 0. The molecule has 1 aliphatic rings. The molecule has 0 radical (unpaired) electrons. The van der Waals surface area contributed by atoms with E-state index in [0.29, 0.717) is 19.8 Å². The highest BCUT2D eigenvalue weighted by Crippen LogP contribution is 2.29. The molecular formula is C32H37NO6. The molecule has 206 valence electrons. The molecule has 0 unspecified atom stereocenters. The zero-order chi connectivity index (χ0) is 27.7. The lowest BCUT2D eigenvalue weighted by atomic mass is 9.95. The second-order valence-electron chi connectivity index (χ2n) is 10.6. The third-order valence-electron chi connectivity index (χ3n) is 6.30. The van der Waals surface area contributed by atoms with Gasteiger partial charge >= 0.3 is 6.09 Å². The summed E-state index contributed by atoms with van der Waals surface area (Å²) >= 11 is 0. The van der Waals surface area contributed by atoms with Crippen molar-refractivity contribution in [3.8, 4) is 0 Å². The summed E-state index contributed by atoms with van der Waals surface area (Å²) in [4.78, 5) is 27.9. The van der Waals surface area contributed by atoms with Gasteiger partial charge in [0, 0.05) is 0 Å². The second kappa shape index (κ2) is 13.5. The molecular weight excluding hydrogens is 494 g/mol. The molecule has 0 bridgehead atoms. The lowest BCUT2D eigenvalue weighted by Gasteiger charge is -2.43. The van der Waals surface area contributed by atoms with Crippen LogP contribution in [0.2, 0.25) is 0 Å². The van der Waals surface area contributed by atoms with E-state index in [4.69, 9.17) is 18.9 Å². The largest absolute Gasteiger partial charge is 0.443 e. The molecule has 4 rings (SSSR count). The van der Waals surface area contributed by atoms with Crippen LogP contribution in [0.25, 0.3) is 0 Å². The Morgan fingerprint density at radius 2 is 1.26 bits per heavy atom. The van der Waals surface area contributed by atoms with Gasteiger partial charge in [-0.25, -0.2) is 9.69 Å². The van der Waals surface area contributed by atoms with Crippen LogP contribution in [0.4, 0.5) is 4.79 Å². The van der Waals surface area contributed by atoms with Gasteiger partial charge in [-0.2, -0.15) is 0 Å². The van der Waals surface area contributed by atoms with Gasteiger partial charge in [0.1, 0.15) is 11.7 Å². The Morgan fingerprint density at radius 1 is 0.769 bits per heavy atom. The summed E-state index contributed by atoms with van der Waals surface area (Å²) in [5.41, 5.74) is 2.18. The highest BCUT2D eigenvalue weighted by atomic mass is 16.6. The molecule has 0 spiro atoms. The molecule has 3 atom stereocenters. The van der Waals surface area contributed by atoms with Crippen LogP contribution in [0, 0.1) is 0 Å². The van der Waals surface area contributed by atoms with Crippen LogP contribution in [0.1, 0.15) is 43.9 Å². The fraction of sp³-hybridized carbons (Fsp3) is 0.375. The molecule has 1 heterocycles. The third-order valence-corrected chi connectivity index (χ3v) is 6.30. The topological polar surface area (TPSA) is 74.3 Å². The number of nitrogens with zero attached hydrogens (tertiary/aromatic N) is 1. The fourth-order valence-corrected chi connectivity index (χ4v) is 4.47. The molecule has 1 fully saturated rings. The molecule has 0 aliphatic carbocycles. The van der Waals surface area contributed by atoms with Crippen molar-refractivity contribution in [3.63, 3.8) is 0 Å². The van der Waals surface area contributed by atoms with Crippen molar-refractivity contribution in [2.45, 2.75) is 70.9 Å². The average molecular weight is 532 g/mol. The number of benzene rings is 3. The van der Waals surface area contributed by atoms with Crippen LogP contribution in [-0.4, -0.2) is 47.4 Å². The van der Waals surface area contributed by atoms with Crippen LogP contribution in [0.5, 0.6) is 0 Å². The average Bonchev–Trinajstić information content (AvgIpc) is 2.92. The van der Waals surface area contributed by atoms with Crippen molar-refractivity contribution >= 4 is 12.0 Å². The Balaban J connectivity index is 1.59. The lowest BCUT2D eigenvalue weighted by molar-refractivity contribution is -0.174. The van der Waals surface area contributed by atoms with E-state index < -0.39 is 29.9 Å². The monoisotopic (exact) mass is 531 g/mol. The fourth-order valence-electron chi connectivity index (χ4n) is 4.47. The van der Waals surface area contributed by atoms with Gasteiger partial charge < -0.3 is 18.9 Å². The van der Waals surface area contributed by atoms with E-state index in [9.17, 15) is 9.59 Å². The van der Waals surface area contributed by atoms with E-state index in [1.165, 1.54) is 0 Å². The maximum Gasteiger partial charge on any atom is 0.417 e. The Kier molecular flexibility index (Phi) is 9.87. The number of ether oxygens (including phenoxy) is 4. The van der Waals surface area contributed by atoms with Crippen molar-refractivity contribution < 1.29 is 28.5 Å². The summed E-state index contributed by atoms with van der Waals surface area (Å²) < 4.78 is 24.4. The number of imide groups is 1. The van der Waals surface area contributed by atoms with E-state index in [1.807, 2.05) is 91.0 Å². The number of amides is 2. The first-order valence-corrected chi connectivity index (χ1v) is 13.3. The van der Waals surface area contributed by atoms with Crippen molar-refractivity contribution in [2.24, 2.45) is 0 Å². The highest BCUT2D eigenvalue weighted by Gasteiger charge is 2.48. The SMILES string of the molecule is CC(C)(C)OC(=O)N1C(=O)C[C@H](OCc2ccccc2)[C@@H](OCc2ccccc2)[C@H]1COCc1ccccc1. The first kappa shape index (κ1) is 28.5. The van der Waals surface area contributed by atoms with E-state index in [1.54, 1.807) is 20.8 Å². The van der Waals surface area contributed by atoms with Crippen molar-refractivity contribution in [1.82, 2.24) is 4.90 Å². The van der Waals surface area contributed by atoms with E-state index in [2.05, 4.69) is 0 Å². The smallest absolute Gasteiger partial charge is 0.417 e. The standard InChI is InChI=1S/C32H37NO6/c1-32(2,3)39-31(35)33-27(23-36-20-24-13-7-4-8-14-24)30(38-22-26-17-11-6-12-18-26)28(19-29(33)34)37-21-25-15-9-5-10-16-25/h4-18,27-28,30H,19-23H2,1-3H3/t27-,28+,30+/m1/s1. The van der Waals surface area contributed by atoms with Crippen LogP contribution in [-0.2, 0) is 43.6 Å². The van der Waals surface area contributed by atoms with E-state index in [0.717, 1.165) is 21.6 Å². The summed E-state index contributed by atoms with van der Waals surface area (Å²) in [6.45, 7) is 6.33. The predicted molar refractivity (Wildman–Crippen MR) is 148 cm³/mol. The van der Waals surface area contributed by atoms with Crippen molar-refractivity contribution in [1.29, 1.82) is 0 Å². The van der Waals surface area contributed by atoms with Crippen LogP contribution >= 0.6 is 0 Å². The lowest BCUT2D eigenvalue weighted by Crippen LogP contribution is -2.62. The van der Waals surface area contributed by atoms with E-state index in [-0.39, 0.29) is 18.9 Å². The highest BCUT2D eigenvalue weighted by molar-refractivity contribution is 5.93. The maximum atomic E-state index is 13.4. The number of piperidine rings is 1. The number of rotatable bonds is 10. The molecule has 2 amide bonds. The van der Waals surface area contributed by atoms with E-state index >= 15 is 0 Å². The minimum atomic E-state index is -0.770. The number of carbonyl (C=O) groups is 2. The minimum absolute atomic E-state index is 0.0132. The Bertz CT molecular complexity index is 1180. The quantitative estimate of drug-likeness (QED) is 0.324. The summed E-state index contributed by atoms with van der Waals surface area (Å²) in [5.74, 6) is -0.379. The number of hydrogen-bond acceptors (Lipinski definition) is 6. The molecule has 1 saturated heterocycles. The molecule has 0 aromatic heterocycles. The molecule has 39 heavy (non-hydrogen) atoms. The first-order chi connectivity index (χ1) is 18.8. The molecule has 3 aromatic rings. The first-order valence-electron chi connectivity index (χ1n) is 13.3. The summed E-state index contributed by atoms with van der Waals surface area (Å²) in [7, 11) is 0. The minimum Gasteiger partial charge on any atom is -0.443 e. The van der Waals surface area contributed by atoms with Crippen LogP contribution < -0.4 is 0 Å². The Labute approximate surface area is 230 Å². The van der Waals surface area contributed by atoms with Crippen molar-refractivity contribution in [3.05, 3.63) is 108 Å². The van der Waals surface area contributed by atoms with Gasteiger partial charge in [0.05, 0.1) is 45.0 Å². The van der Waals surface area contributed by atoms with Gasteiger partial charge in [0.15, 0.2) is 0 Å². The normalized spacial score (nSPS) is 19.6. The second-order valence-corrected chi connectivity index (χ2v) is 10.6. The molecule has 7 heteroatoms. The predicted octanol–water partition coefficient (Wildman–Crippen LogP) is 5.91. The molecule has 7 nitrogen and oxygen atoms in total. The number of carbonyl (C=O) groups excluding carboxylic acids is 2. The third kappa shape index (κ3) is 8.48. The molecule has 0 saturated carbocycles. The molecule has 1 aliphatic heterocycles. The van der Waals surface area contributed by atoms with Gasteiger partial charge in [-0.1, -0.05) is 91.0 Å². The van der Waals surface area contributed by atoms with Gasteiger partial charge in [-0.15, -0.1) is 0 Å². The molecule has 0 N–H and O–H groups in total. The zero-order valence-corrected chi connectivity index (χ0v) is 22.8. The van der Waals surface area contributed by atoms with Gasteiger partial charge in [-0.05, 0) is 37.5 Å². The zero-order valence-electron chi connectivity index (χ0n) is 22.8.